The van der Waals surface area contributed by atoms with Crippen LogP contribution in [0.25, 0.3) is 11.1 Å². The monoisotopic (exact) mass is 557 g/mol. The summed E-state index contributed by atoms with van der Waals surface area (Å²) in [5, 5.41) is 0. The van der Waals surface area contributed by atoms with E-state index >= 15 is 0 Å². The molecule has 0 aliphatic carbocycles. The Morgan fingerprint density at radius 1 is 0.778 bits per heavy atom. The van der Waals surface area contributed by atoms with Crippen LogP contribution in [0.2, 0.25) is 0 Å². The number of piperidine rings is 1. The minimum atomic E-state index is -2.04. The third-order valence-corrected chi connectivity index (χ3v) is 6.87. The number of halogens is 1. The first-order chi connectivity index (χ1) is 17.3. The number of amides is 1. The van der Waals surface area contributed by atoms with Crippen molar-refractivity contribution in [3.8, 4) is 11.1 Å². The van der Waals surface area contributed by atoms with E-state index in [0.717, 1.165) is 34.9 Å². The summed E-state index contributed by atoms with van der Waals surface area (Å²) >= 11 is 3.42. The summed E-state index contributed by atoms with van der Waals surface area (Å²) in [4.78, 5) is 54.6. The van der Waals surface area contributed by atoms with Gasteiger partial charge < -0.3 is 14.4 Å². The van der Waals surface area contributed by atoms with Gasteiger partial charge in [-0.05, 0) is 56.4 Å². The van der Waals surface area contributed by atoms with Gasteiger partial charge in [-0.2, -0.15) is 0 Å². The molecule has 0 spiro atoms. The lowest BCUT2D eigenvalue weighted by Crippen LogP contribution is -2.48. The van der Waals surface area contributed by atoms with Crippen LogP contribution in [0.4, 0.5) is 0 Å². The SMILES string of the molecule is CCOC(=O)C(CC(=O)c1ccc(-c2ccc(Br)cc2)cc1)(CC(=O)N1CCCCC1)C(=O)OCC. The second kappa shape index (κ2) is 12.8. The lowest BCUT2D eigenvalue weighted by molar-refractivity contribution is -0.175. The molecule has 2 aromatic carbocycles. The van der Waals surface area contributed by atoms with E-state index in [2.05, 4.69) is 15.9 Å². The van der Waals surface area contributed by atoms with Crippen molar-refractivity contribution in [2.24, 2.45) is 5.41 Å². The Morgan fingerprint density at radius 3 is 1.78 bits per heavy atom. The number of nitrogens with zero attached hydrogens (tertiary/aromatic N) is 1. The van der Waals surface area contributed by atoms with E-state index in [0.29, 0.717) is 18.7 Å². The zero-order valence-electron chi connectivity index (χ0n) is 20.8. The minimum Gasteiger partial charge on any atom is -0.465 e. The van der Waals surface area contributed by atoms with Crippen LogP contribution in [0.15, 0.2) is 53.0 Å². The lowest BCUT2D eigenvalue weighted by Gasteiger charge is -2.32. The first-order valence-corrected chi connectivity index (χ1v) is 13.1. The van der Waals surface area contributed by atoms with Crippen molar-refractivity contribution in [1.82, 2.24) is 4.90 Å². The van der Waals surface area contributed by atoms with Gasteiger partial charge in [0, 0.05) is 29.5 Å². The van der Waals surface area contributed by atoms with E-state index in [1.165, 1.54) is 0 Å². The Kier molecular flexibility index (Phi) is 9.81. The number of hydrogen-bond acceptors (Lipinski definition) is 6. The average molecular weight is 558 g/mol. The molecule has 1 aliphatic heterocycles. The van der Waals surface area contributed by atoms with E-state index < -0.39 is 36.0 Å². The fraction of sp³-hybridized carbons (Fsp3) is 0.429. The second-order valence-electron chi connectivity index (χ2n) is 8.83. The molecular formula is C28H32BrNO6. The van der Waals surface area contributed by atoms with Gasteiger partial charge >= 0.3 is 11.9 Å². The van der Waals surface area contributed by atoms with Gasteiger partial charge in [-0.3, -0.25) is 19.2 Å². The van der Waals surface area contributed by atoms with Gasteiger partial charge in [0.1, 0.15) is 0 Å². The highest BCUT2D eigenvalue weighted by atomic mass is 79.9. The molecule has 2 aromatic rings. The number of esters is 2. The Bertz CT molecular complexity index is 1060. The number of ether oxygens (including phenoxy) is 2. The molecule has 0 radical (unpaired) electrons. The van der Waals surface area contributed by atoms with Crippen LogP contribution < -0.4 is 0 Å². The van der Waals surface area contributed by atoms with Gasteiger partial charge in [0.15, 0.2) is 11.2 Å². The molecule has 1 amide bonds. The highest BCUT2D eigenvalue weighted by molar-refractivity contribution is 9.10. The van der Waals surface area contributed by atoms with E-state index in [4.69, 9.17) is 9.47 Å². The summed E-state index contributed by atoms with van der Waals surface area (Å²) in [6.45, 7) is 4.37. The Hall–Kier alpha value is -3.00. The van der Waals surface area contributed by atoms with Gasteiger partial charge in [-0.25, -0.2) is 0 Å². The van der Waals surface area contributed by atoms with Crippen LogP contribution >= 0.6 is 15.9 Å². The molecule has 0 atom stereocenters. The van der Waals surface area contributed by atoms with Crippen LogP contribution in [-0.4, -0.2) is 54.8 Å². The molecule has 1 fully saturated rings. The van der Waals surface area contributed by atoms with Crippen molar-refractivity contribution < 1.29 is 28.7 Å². The molecular weight excluding hydrogens is 526 g/mol. The number of benzene rings is 2. The standard InChI is InChI=1S/C28H32BrNO6/c1-3-35-26(33)28(27(34)36-4-2,19-25(32)30-16-6-5-7-17-30)18-24(31)22-10-8-20(9-11-22)21-12-14-23(29)15-13-21/h8-15H,3-7,16-19H2,1-2H3. The predicted molar refractivity (Wildman–Crippen MR) is 139 cm³/mol. The largest absolute Gasteiger partial charge is 0.465 e. The molecule has 7 nitrogen and oxygen atoms in total. The molecule has 1 aliphatic rings. The fourth-order valence-corrected chi connectivity index (χ4v) is 4.62. The Balaban J connectivity index is 1.90. The Morgan fingerprint density at radius 2 is 1.28 bits per heavy atom. The highest BCUT2D eigenvalue weighted by Crippen LogP contribution is 2.34. The predicted octanol–water partition coefficient (Wildman–Crippen LogP) is 5.20. The first-order valence-electron chi connectivity index (χ1n) is 12.3. The lowest BCUT2D eigenvalue weighted by atomic mass is 9.77. The molecule has 0 aromatic heterocycles. The van der Waals surface area contributed by atoms with Gasteiger partial charge in [0.05, 0.1) is 19.6 Å². The quantitative estimate of drug-likeness (QED) is 0.226. The van der Waals surface area contributed by atoms with E-state index in [1.54, 1.807) is 30.9 Å². The number of ketones is 1. The Labute approximate surface area is 220 Å². The zero-order chi connectivity index (χ0) is 26.1. The topological polar surface area (TPSA) is 90.0 Å². The summed E-state index contributed by atoms with van der Waals surface area (Å²) < 4.78 is 11.4. The molecule has 0 unspecified atom stereocenters. The van der Waals surface area contributed by atoms with Crippen molar-refractivity contribution in [2.75, 3.05) is 26.3 Å². The molecule has 0 bridgehead atoms. The van der Waals surface area contributed by atoms with Crippen molar-refractivity contribution in [3.05, 3.63) is 58.6 Å². The van der Waals surface area contributed by atoms with E-state index in [-0.39, 0.29) is 19.1 Å². The number of carbonyl (C=O) groups is 4. The third-order valence-electron chi connectivity index (χ3n) is 6.34. The van der Waals surface area contributed by atoms with Crippen molar-refractivity contribution >= 4 is 39.6 Å². The van der Waals surface area contributed by atoms with Crippen molar-refractivity contribution in [3.63, 3.8) is 0 Å². The van der Waals surface area contributed by atoms with Crippen LogP contribution in [0.5, 0.6) is 0 Å². The fourth-order valence-electron chi connectivity index (χ4n) is 4.35. The van der Waals surface area contributed by atoms with Crippen LogP contribution in [0.3, 0.4) is 0 Å². The first kappa shape index (κ1) is 27.6. The van der Waals surface area contributed by atoms with Crippen molar-refractivity contribution in [1.29, 1.82) is 0 Å². The molecule has 0 saturated carbocycles. The minimum absolute atomic E-state index is 0.00791. The normalized spacial score (nSPS) is 13.7. The third kappa shape index (κ3) is 6.60. The molecule has 1 saturated heterocycles. The summed E-state index contributed by atoms with van der Waals surface area (Å²) in [6, 6.07) is 14.7. The highest BCUT2D eigenvalue weighted by Gasteiger charge is 2.52. The van der Waals surface area contributed by atoms with Gasteiger partial charge in [0.2, 0.25) is 5.91 Å². The smallest absolute Gasteiger partial charge is 0.324 e. The van der Waals surface area contributed by atoms with Crippen LogP contribution in [0.1, 0.15) is 56.3 Å². The van der Waals surface area contributed by atoms with Crippen LogP contribution in [-0.2, 0) is 23.9 Å². The summed E-state index contributed by atoms with van der Waals surface area (Å²) in [6.07, 6.45) is 1.77. The maximum absolute atomic E-state index is 13.4. The zero-order valence-corrected chi connectivity index (χ0v) is 22.3. The summed E-state index contributed by atoms with van der Waals surface area (Å²) in [5.41, 5.74) is 0.194. The maximum atomic E-state index is 13.4. The molecule has 8 heteroatoms. The number of Topliss-reactive ketones (excluding diaryl/α,β-unsaturated/α-hetero) is 1. The summed E-state index contributed by atoms with van der Waals surface area (Å²) in [7, 11) is 0. The summed E-state index contributed by atoms with van der Waals surface area (Å²) in [5.74, 6) is -2.61. The number of likely N-dealkylation sites (tertiary alicyclic amines) is 1. The molecule has 3 rings (SSSR count). The molecule has 1 heterocycles. The maximum Gasteiger partial charge on any atom is 0.324 e. The van der Waals surface area contributed by atoms with Crippen molar-refractivity contribution in [2.45, 2.75) is 46.0 Å². The van der Waals surface area contributed by atoms with Crippen LogP contribution in [0, 0.1) is 5.41 Å². The van der Waals surface area contributed by atoms with Gasteiger partial charge in [-0.1, -0.05) is 52.3 Å². The number of carbonyl (C=O) groups excluding carboxylic acids is 4. The van der Waals surface area contributed by atoms with Gasteiger partial charge in [0.25, 0.3) is 0 Å². The second-order valence-corrected chi connectivity index (χ2v) is 9.74. The number of hydrogen-bond donors (Lipinski definition) is 0. The van der Waals surface area contributed by atoms with E-state index in [1.807, 2.05) is 36.4 Å². The van der Waals surface area contributed by atoms with Gasteiger partial charge in [-0.15, -0.1) is 0 Å². The average Bonchev–Trinajstić information content (AvgIpc) is 2.89. The number of rotatable bonds is 10. The molecule has 192 valence electrons. The molecule has 36 heavy (non-hydrogen) atoms. The molecule has 0 N–H and O–H groups in total. The van der Waals surface area contributed by atoms with E-state index in [9.17, 15) is 19.2 Å².